The van der Waals surface area contributed by atoms with Gasteiger partial charge in [0.25, 0.3) is 0 Å². The fourth-order valence-electron chi connectivity index (χ4n) is 1.67. The summed E-state index contributed by atoms with van der Waals surface area (Å²) >= 11 is 0. The van der Waals surface area contributed by atoms with Crippen LogP contribution >= 0.6 is 0 Å². The van der Waals surface area contributed by atoms with Crippen LogP contribution in [0.25, 0.3) is 0 Å². The van der Waals surface area contributed by atoms with Crippen molar-refractivity contribution < 1.29 is 8.42 Å². The third-order valence-electron chi connectivity index (χ3n) is 2.17. The molecule has 0 bridgehead atoms. The Labute approximate surface area is 96.6 Å². The monoisotopic (exact) mass is 245 g/mol. The minimum atomic E-state index is -3.14. The molecule has 6 heteroatoms. The molecule has 0 saturated heterocycles. The van der Waals surface area contributed by atoms with Gasteiger partial charge in [0.05, 0.1) is 22.9 Å². The smallest absolute Gasteiger partial charge is 0.157 e. The summed E-state index contributed by atoms with van der Waals surface area (Å²) in [6.45, 7) is 6.17. The number of hydrogen-bond donors (Lipinski definition) is 1. The molecule has 0 aromatic carbocycles. The summed E-state index contributed by atoms with van der Waals surface area (Å²) in [6.07, 6.45) is 0. The molecule has 2 N–H and O–H groups in total. The zero-order valence-electron chi connectivity index (χ0n) is 9.97. The molecule has 0 aliphatic rings. The molecule has 0 saturated carbocycles. The number of sulfone groups is 1. The van der Waals surface area contributed by atoms with E-state index in [2.05, 4.69) is 5.10 Å². The van der Waals surface area contributed by atoms with E-state index in [1.54, 1.807) is 11.6 Å². The summed E-state index contributed by atoms with van der Waals surface area (Å²) in [7, 11) is -3.14. The SMILES string of the molecule is CCn1nc(C)cc1CS(=O)(=O)CC(C)N. The second-order valence-corrected chi connectivity index (χ2v) is 6.23. The topological polar surface area (TPSA) is 78.0 Å². The van der Waals surface area contributed by atoms with Gasteiger partial charge in [0.1, 0.15) is 0 Å². The van der Waals surface area contributed by atoms with Gasteiger partial charge in [0, 0.05) is 12.6 Å². The first-order valence-corrected chi connectivity index (χ1v) is 7.15. The van der Waals surface area contributed by atoms with Crippen LogP contribution in [0.1, 0.15) is 25.2 Å². The predicted octanol–water partition coefficient (Wildman–Crippen LogP) is 0.473. The van der Waals surface area contributed by atoms with Gasteiger partial charge in [-0.2, -0.15) is 5.10 Å². The fourth-order valence-corrected chi connectivity index (χ4v) is 3.28. The summed E-state index contributed by atoms with van der Waals surface area (Å²) < 4.78 is 25.2. The Hall–Kier alpha value is -0.880. The second kappa shape index (κ2) is 4.97. The minimum Gasteiger partial charge on any atom is -0.327 e. The van der Waals surface area contributed by atoms with Gasteiger partial charge >= 0.3 is 0 Å². The molecule has 1 rings (SSSR count). The van der Waals surface area contributed by atoms with Crippen molar-refractivity contribution in [3.05, 3.63) is 17.5 Å². The maximum atomic E-state index is 11.8. The van der Waals surface area contributed by atoms with Gasteiger partial charge in [-0.3, -0.25) is 4.68 Å². The number of aryl methyl sites for hydroxylation is 2. The van der Waals surface area contributed by atoms with Crippen LogP contribution in [0.2, 0.25) is 0 Å². The first kappa shape index (κ1) is 13.2. The lowest BCUT2D eigenvalue weighted by Crippen LogP contribution is -2.27. The highest BCUT2D eigenvalue weighted by Gasteiger charge is 2.17. The summed E-state index contributed by atoms with van der Waals surface area (Å²) in [5.41, 5.74) is 7.08. The molecule has 1 aromatic rings. The van der Waals surface area contributed by atoms with Crippen LogP contribution in [0.3, 0.4) is 0 Å². The van der Waals surface area contributed by atoms with Gasteiger partial charge in [-0.05, 0) is 26.8 Å². The van der Waals surface area contributed by atoms with Gasteiger partial charge < -0.3 is 5.73 Å². The third kappa shape index (κ3) is 3.61. The molecule has 0 aliphatic heterocycles. The zero-order chi connectivity index (χ0) is 12.3. The molecule has 1 atom stereocenters. The van der Waals surface area contributed by atoms with Crippen LogP contribution in [0.15, 0.2) is 6.07 Å². The van der Waals surface area contributed by atoms with Crippen molar-refractivity contribution in [2.75, 3.05) is 5.75 Å². The van der Waals surface area contributed by atoms with Crippen molar-refractivity contribution in [3.8, 4) is 0 Å². The van der Waals surface area contributed by atoms with Crippen molar-refractivity contribution in [2.24, 2.45) is 5.73 Å². The molecule has 1 aromatic heterocycles. The molecule has 0 aliphatic carbocycles. The third-order valence-corrected chi connectivity index (χ3v) is 3.94. The van der Waals surface area contributed by atoms with Crippen molar-refractivity contribution in [2.45, 2.75) is 39.1 Å². The summed E-state index contributed by atoms with van der Waals surface area (Å²) in [5, 5.41) is 4.21. The number of aromatic nitrogens is 2. The lowest BCUT2D eigenvalue weighted by atomic mass is 10.4. The van der Waals surface area contributed by atoms with Gasteiger partial charge in [0.2, 0.25) is 0 Å². The van der Waals surface area contributed by atoms with Crippen molar-refractivity contribution in [3.63, 3.8) is 0 Å². The van der Waals surface area contributed by atoms with Gasteiger partial charge in [-0.1, -0.05) is 0 Å². The standard InChI is InChI=1S/C10H19N3O2S/c1-4-13-10(5-9(3)12-13)7-16(14,15)6-8(2)11/h5,8H,4,6-7,11H2,1-3H3. The Bertz CT molecular complexity index is 449. The summed E-state index contributed by atoms with van der Waals surface area (Å²) in [4.78, 5) is 0. The van der Waals surface area contributed by atoms with Crippen LogP contribution in [-0.2, 0) is 22.1 Å². The van der Waals surface area contributed by atoms with Crippen LogP contribution in [-0.4, -0.2) is 30.0 Å². The van der Waals surface area contributed by atoms with E-state index in [9.17, 15) is 8.42 Å². The molecule has 92 valence electrons. The highest BCUT2D eigenvalue weighted by Crippen LogP contribution is 2.09. The number of hydrogen-bond acceptors (Lipinski definition) is 4. The Morgan fingerprint density at radius 2 is 2.19 bits per heavy atom. The zero-order valence-corrected chi connectivity index (χ0v) is 10.8. The molecule has 5 nitrogen and oxygen atoms in total. The van der Waals surface area contributed by atoms with Gasteiger partial charge in [-0.25, -0.2) is 8.42 Å². The molecule has 0 amide bonds. The van der Waals surface area contributed by atoms with E-state index >= 15 is 0 Å². The van der Waals surface area contributed by atoms with Crippen LogP contribution in [0.4, 0.5) is 0 Å². The second-order valence-electron chi connectivity index (χ2n) is 4.12. The maximum Gasteiger partial charge on any atom is 0.157 e. The number of nitrogens with zero attached hydrogens (tertiary/aromatic N) is 2. The van der Waals surface area contributed by atoms with E-state index in [1.807, 2.05) is 19.9 Å². The highest BCUT2D eigenvalue weighted by atomic mass is 32.2. The lowest BCUT2D eigenvalue weighted by Gasteiger charge is -2.08. The first-order valence-electron chi connectivity index (χ1n) is 5.33. The molecule has 1 unspecified atom stereocenters. The molecule has 0 radical (unpaired) electrons. The predicted molar refractivity (Wildman–Crippen MR) is 63.8 cm³/mol. The normalized spacial score (nSPS) is 14.0. The van der Waals surface area contributed by atoms with E-state index in [4.69, 9.17) is 5.73 Å². The highest BCUT2D eigenvalue weighted by molar-refractivity contribution is 7.90. The van der Waals surface area contributed by atoms with Gasteiger partial charge in [-0.15, -0.1) is 0 Å². The maximum absolute atomic E-state index is 11.8. The number of rotatable bonds is 5. The molecule has 16 heavy (non-hydrogen) atoms. The van der Waals surface area contributed by atoms with Crippen LogP contribution in [0, 0.1) is 6.92 Å². The molecular formula is C10H19N3O2S. The average Bonchev–Trinajstić information content (AvgIpc) is 2.42. The van der Waals surface area contributed by atoms with E-state index in [-0.39, 0.29) is 17.5 Å². The van der Waals surface area contributed by atoms with E-state index in [0.717, 1.165) is 11.4 Å². The Morgan fingerprint density at radius 1 is 1.56 bits per heavy atom. The lowest BCUT2D eigenvalue weighted by molar-refractivity contribution is 0.580. The summed E-state index contributed by atoms with van der Waals surface area (Å²) in [5.74, 6) is 0.0319. The largest absolute Gasteiger partial charge is 0.327 e. The van der Waals surface area contributed by atoms with Gasteiger partial charge in [0.15, 0.2) is 9.84 Å². The molecule has 1 heterocycles. The Balaban J connectivity index is 2.87. The Morgan fingerprint density at radius 3 is 2.69 bits per heavy atom. The van der Waals surface area contributed by atoms with E-state index in [0.29, 0.717) is 6.54 Å². The number of nitrogens with two attached hydrogens (primary N) is 1. The van der Waals surface area contributed by atoms with E-state index < -0.39 is 9.84 Å². The van der Waals surface area contributed by atoms with Crippen LogP contribution < -0.4 is 5.73 Å². The average molecular weight is 245 g/mol. The first-order chi connectivity index (χ1) is 7.34. The van der Waals surface area contributed by atoms with Crippen molar-refractivity contribution in [1.82, 2.24) is 9.78 Å². The quantitative estimate of drug-likeness (QED) is 0.818. The molecular weight excluding hydrogens is 226 g/mol. The van der Waals surface area contributed by atoms with Crippen molar-refractivity contribution in [1.29, 1.82) is 0 Å². The van der Waals surface area contributed by atoms with Crippen LogP contribution in [0.5, 0.6) is 0 Å². The molecule has 0 fully saturated rings. The summed E-state index contributed by atoms with van der Waals surface area (Å²) in [6, 6.07) is 1.48. The minimum absolute atomic E-state index is 0.0148. The fraction of sp³-hybridized carbons (Fsp3) is 0.700. The Kier molecular flexibility index (Phi) is 4.09. The molecule has 0 spiro atoms. The van der Waals surface area contributed by atoms with E-state index in [1.165, 1.54) is 0 Å². The van der Waals surface area contributed by atoms with Crippen molar-refractivity contribution >= 4 is 9.84 Å².